The number of hydrogen-bond acceptors (Lipinski definition) is 0. The van der Waals surface area contributed by atoms with Gasteiger partial charge in [-0.15, -0.1) is 0 Å². The maximum atomic E-state index is 2.53. The van der Waals surface area contributed by atoms with Crippen molar-refractivity contribution in [2.24, 2.45) is 0 Å². The molecule has 2 heterocycles. The predicted molar refractivity (Wildman–Crippen MR) is 363 cm³/mol. The Bertz CT molecular complexity index is 5500. The van der Waals surface area contributed by atoms with Gasteiger partial charge in [0, 0.05) is 49.4 Å². The minimum Gasteiger partial charge on any atom is -0.310 e. The summed E-state index contributed by atoms with van der Waals surface area (Å²) in [7, 11) is 0. The molecular formula is C83H58N2. The van der Waals surface area contributed by atoms with Gasteiger partial charge in [0.15, 0.2) is 0 Å². The van der Waals surface area contributed by atoms with Gasteiger partial charge in [0.2, 0.25) is 0 Å². The van der Waals surface area contributed by atoms with E-state index in [1.54, 1.807) is 0 Å². The van der Waals surface area contributed by atoms with Crippen LogP contribution in [0.3, 0.4) is 0 Å². The summed E-state index contributed by atoms with van der Waals surface area (Å²) in [6, 6.07) is 96.9. The van der Waals surface area contributed by atoms with E-state index in [0.717, 1.165) is 6.42 Å². The quantitative estimate of drug-likeness (QED) is 0.134. The third kappa shape index (κ3) is 7.93. The fourth-order valence-corrected chi connectivity index (χ4v) is 14.6. The van der Waals surface area contributed by atoms with E-state index >= 15 is 0 Å². The predicted octanol–water partition coefficient (Wildman–Crippen LogP) is 20.4. The second-order valence-electron chi connectivity index (χ2n) is 24.0. The number of rotatable bonds is 8. The molecule has 0 aliphatic heterocycles. The van der Waals surface area contributed by atoms with Crippen LogP contribution in [0.15, 0.2) is 261 Å². The Labute approximate surface area is 494 Å². The number of benzene rings is 13. The van der Waals surface area contributed by atoms with E-state index in [-0.39, 0.29) is 11.3 Å². The fourth-order valence-electron chi connectivity index (χ4n) is 14.6. The molecule has 0 saturated carbocycles. The highest BCUT2D eigenvalue weighted by atomic mass is 15.0. The lowest BCUT2D eigenvalue weighted by Crippen LogP contribution is -2.31. The molecule has 0 amide bonds. The fraction of sp³-hybridized carbons (Fsp3) is 0.0602. The SMILES string of the molecule is CC1(C)c2cc(/C=C/c3ccc(-c4ccc5c(c4)c4ccccc4n5-c4ccc5ccccc5c4)c4ccccc34)ccc2-c2ccc(/C=C/c3ccc(C4C=c5c(n(-c6ccc7ccccc7c6)c6ccccc56)=CC4)c4ccccc34)cc21. The normalized spacial score (nSPS) is 14.5. The maximum absolute atomic E-state index is 2.53. The molecule has 0 spiro atoms. The highest BCUT2D eigenvalue weighted by molar-refractivity contribution is 6.12. The van der Waals surface area contributed by atoms with Crippen molar-refractivity contribution in [1.82, 2.24) is 9.13 Å². The van der Waals surface area contributed by atoms with Gasteiger partial charge in [-0.3, -0.25) is 0 Å². The summed E-state index contributed by atoms with van der Waals surface area (Å²) in [5.41, 5.74) is 19.9. The zero-order chi connectivity index (χ0) is 56.3. The lowest BCUT2D eigenvalue weighted by Gasteiger charge is -2.22. The molecule has 85 heavy (non-hydrogen) atoms. The van der Waals surface area contributed by atoms with Crippen LogP contribution >= 0.6 is 0 Å². The first-order chi connectivity index (χ1) is 41.9. The average molecular weight is 1080 g/mol. The molecule has 1 atom stereocenters. The van der Waals surface area contributed by atoms with Crippen LogP contribution in [0.2, 0.25) is 0 Å². The van der Waals surface area contributed by atoms with Gasteiger partial charge in [-0.1, -0.05) is 263 Å². The molecule has 15 aromatic rings. The summed E-state index contributed by atoms with van der Waals surface area (Å²) in [6.07, 6.45) is 15.2. The van der Waals surface area contributed by atoms with Crippen LogP contribution in [0.1, 0.15) is 65.1 Å². The van der Waals surface area contributed by atoms with Gasteiger partial charge in [0.05, 0.1) is 16.6 Å². The number of fused-ring (bicyclic) bond motifs is 13. The smallest absolute Gasteiger partial charge is 0.0541 e. The summed E-state index contributed by atoms with van der Waals surface area (Å²) < 4.78 is 4.88. The van der Waals surface area contributed by atoms with Crippen molar-refractivity contribution < 1.29 is 0 Å². The van der Waals surface area contributed by atoms with Gasteiger partial charge >= 0.3 is 0 Å². The summed E-state index contributed by atoms with van der Waals surface area (Å²) >= 11 is 0. The molecule has 0 radical (unpaired) electrons. The van der Waals surface area contributed by atoms with E-state index in [4.69, 9.17) is 0 Å². The molecule has 2 aliphatic carbocycles. The van der Waals surface area contributed by atoms with Crippen molar-refractivity contribution in [3.05, 3.63) is 310 Å². The Morgan fingerprint density at radius 3 is 1.53 bits per heavy atom. The lowest BCUT2D eigenvalue weighted by atomic mass is 9.81. The standard InChI is InChI=1S/C83H58N2/c1-83(2)77-47-53(27-31-57-35-43-67(69-21-9-7-19-65(57)69)61-37-45-81-75(51-61)73-23-11-13-25-79(73)84(81)63-39-33-55-15-3-5-17-59(55)49-63)29-41-71(77)72-42-30-54(48-78(72)83)28-32-58-36-44-68(70-22-10-8-20-66(58)70)62-38-46-82-76(52-62)74-24-12-14-26-80(74)85(82)64-40-34-56-16-4-6-18-60(56)50-64/h3-37,39-52,62H,38H2,1-2H3/b31-27+,32-28+. The zero-order valence-electron chi connectivity index (χ0n) is 47.5. The summed E-state index contributed by atoms with van der Waals surface area (Å²) in [4.78, 5) is 0. The van der Waals surface area contributed by atoms with Gasteiger partial charge in [-0.2, -0.15) is 0 Å². The second-order valence-corrected chi connectivity index (χ2v) is 24.0. The van der Waals surface area contributed by atoms with Gasteiger partial charge in [0.1, 0.15) is 0 Å². The van der Waals surface area contributed by atoms with E-state index in [2.05, 4.69) is 320 Å². The highest BCUT2D eigenvalue weighted by Gasteiger charge is 2.35. The highest BCUT2D eigenvalue weighted by Crippen LogP contribution is 2.50. The van der Waals surface area contributed by atoms with Crippen LogP contribution in [0, 0.1) is 0 Å². The maximum Gasteiger partial charge on any atom is 0.0541 e. The molecule has 0 fully saturated rings. The largest absolute Gasteiger partial charge is 0.310 e. The first-order valence-corrected chi connectivity index (χ1v) is 29.9. The number of hydrogen-bond donors (Lipinski definition) is 0. The van der Waals surface area contributed by atoms with Gasteiger partial charge in [-0.25, -0.2) is 0 Å². The Morgan fingerprint density at radius 2 is 0.871 bits per heavy atom. The summed E-state index contributed by atoms with van der Waals surface area (Å²) in [6.45, 7) is 4.78. The topological polar surface area (TPSA) is 9.86 Å². The molecule has 2 heteroatoms. The van der Waals surface area contributed by atoms with Crippen LogP contribution in [-0.2, 0) is 5.41 Å². The number of nitrogens with zero attached hydrogens (tertiary/aromatic N) is 2. The average Bonchev–Trinajstić information content (AvgIpc) is 1.98. The molecular weight excluding hydrogens is 1020 g/mol. The van der Waals surface area contributed by atoms with Crippen molar-refractivity contribution in [2.45, 2.75) is 31.6 Å². The first-order valence-electron chi connectivity index (χ1n) is 29.9. The van der Waals surface area contributed by atoms with Crippen molar-refractivity contribution >= 4 is 112 Å². The Hall–Kier alpha value is -10.5. The van der Waals surface area contributed by atoms with E-state index < -0.39 is 0 Å². The van der Waals surface area contributed by atoms with Crippen molar-refractivity contribution in [3.63, 3.8) is 0 Å². The van der Waals surface area contributed by atoms with Crippen LogP contribution in [0.25, 0.3) is 146 Å². The minimum atomic E-state index is -0.168. The zero-order valence-corrected chi connectivity index (χ0v) is 47.5. The number of aromatic nitrogens is 2. The number of para-hydroxylation sites is 2. The summed E-state index contributed by atoms with van der Waals surface area (Å²) in [5, 5.41) is 16.5. The molecule has 0 N–H and O–H groups in total. The molecule has 17 rings (SSSR count). The molecule has 0 saturated heterocycles. The van der Waals surface area contributed by atoms with E-state index in [1.165, 1.54) is 159 Å². The van der Waals surface area contributed by atoms with E-state index in [0.29, 0.717) is 0 Å². The summed E-state index contributed by atoms with van der Waals surface area (Å²) in [5.74, 6) is 0.256. The first kappa shape index (κ1) is 49.1. The van der Waals surface area contributed by atoms with Crippen LogP contribution in [0.4, 0.5) is 0 Å². The van der Waals surface area contributed by atoms with Crippen molar-refractivity contribution in [3.8, 4) is 33.6 Å². The van der Waals surface area contributed by atoms with Crippen LogP contribution in [0.5, 0.6) is 0 Å². The molecule has 400 valence electrons. The third-order valence-corrected chi connectivity index (χ3v) is 18.8. The van der Waals surface area contributed by atoms with Gasteiger partial charge < -0.3 is 9.13 Å². The molecule has 2 aliphatic rings. The van der Waals surface area contributed by atoms with Crippen molar-refractivity contribution in [1.29, 1.82) is 0 Å². The minimum absolute atomic E-state index is 0.168. The molecule has 0 bridgehead atoms. The Morgan fingerprint density at radius 1 is 0.365 bits per heavy atom. The third-order valence-electron chi connectivity index (χ3n) is 18.8. The molecule has 13 aromatic carbocycles. The van der Waals surface area contributed by atoms with Crippen LogP contribution < -0.4 is 10.6 Å². The van der Waals surface area contributed by atoms with Gasteiger partial charge in [-0.05, 0) is 159 Å². The van der Waals surface area contributed by atoms with Crippen LogP contribution in [-0.4, -0.2) is 9.13 Å². The van der Waals surface area contributed by atoms with Gasteiger partial charge in [0.25, 0.3) is 0 Å². The Kier molecular flexibility index (Phi) is 11.1. The lowest BCUT2D eigenvalue weighted by molar-refractivity contribution is 0.660. The molecule has 1 unspecified atom stereocenters. The molecule has 2 aromatic heterocycles. The monoisotopic (exact) mass is 1080 g/mol. The Balaban J connectivity index is 0.645. The van der Waals surface area contributed by atoms with Crippen molar-refractivity contribution in [2.75, 3.05) is 0 Å². The second kappa shape index (κ2) is 19.3. The van der Waals surface area contributed by atoms with E-state index in [1.807, 2.05) is 0 Å². The van der Waals surface area contributed by atoms with E-state index in [9.17, 15) is 0 Å². The molecule has 2 nitrogen and oxygen atoms in total.